The highest BCUT2D eigenvalue weighted by Crippen LogP contribution is 2.43. The van der Waals surface area contributed by atoms with Gasteiger partial charge in [0.25, 0.3) is 0 Å². The van der Waals surface area contributed by atoms with E-state index in [4.69, 9.17) is 5.73 Å². The Kier molecular flexibility index (Phi) is 4.75. The number of nitrogen functional groups attached to an aromatic ring is 1. The predicted molar refractivity (Wildman–Crippen MR) is 129 cm³/mol. The van der Waals surface area contributed by atoms with Crippen molar-refractivity contribution in [2.45, 2.75) is 51.9 Å². The highest BCUT2D eigenvalue weighted by molar-refractivity contribution is 6.34. The van der Waals surface area contributed by atoms with E-state index >= 15 is 0 Å². The van der Waals surface area contributed by atoms with Gasteiger partial charge in [0.2, 0.25) is 0 Å². The molecule has 0 atom stereocenters. The van der Waals surface area contributed by atoms with Crippen LogP contribution in [0.4, 0.5) is 5.69 Å². The molecule has 0 aliphatic heterocycles. The van der Waals surface area contributed by atoms with E-state index in [1.807, 2.05) is 0 Å². The molecule has 0 heterocycles. The summed E-state index contributed by atoms with van der Waals surface area (Å²) >= 11 is 0. The molecule has 0 saturated heterocycles. The number of benzene rings is 5. The minimum absolute atomic E-state index is 0.870. The van der Waals surface area contributed by atoms with Crippen LogP contribution in [-0.2, 0) is 6.42 Å². The van der Waals surface area contributed by atoms with Crippen molar-refractivity contribution in [2.75, 3.05) is 5.73 Å². The number of anilines is 1. The van der Waals surface area contributed by atoms with Gasteiger partial charge in [-0.3, -0.25) is 0 Å². The monoisotopic (exact) mass is 379 g/mol. The topological polar surface area (TPSA) is 26.0 Å². The van der Waals surface area contributed by atoms with Crippen LogP contribution in [0.1, 0.15) is 51.0 Å². The van der Waals surface area contributed by atoms with Crippen LogP contribution in [0.15, 0.2) is 60.7 Å². The number of aryl methyl sites for hydroxylation is 1. The Balaban J connectivity index is 1.71. The highest BCUT2D eigenvalue weighted by atomic mass is 14.5. The van der Waals surface area contributed by atoms with Gasteiger partial charge >= 0.3 is 0 Å². The lowest BCUT2D eigenvalue weighted by atomic mass is 9.86. The van der Waals surface area contributed by atoms with E-state index in [-0.39, 0.29) is 0 Å². The first kappa shape index (κ1) is 18.2. The van der Waals surface area contributed by atoms with Crippen molar-refractivity contribution in [3.8, 4) is 0 Å². The standard InChI is InChI=1S/C28H29N/c1-2-3-4-5-6-7-10-19-15-16-20-11-8-12-21-22-13-9-14-23-25(29)18-17-24(28(22)23)27(19)26(20)21/h8-9,11-18H,2-7,10,29H2,1H3. The first-order valence-electron chi connectivity index (χ1n) is 11.2. The third-order valence-corrected chi connectivity index (χ3v) is 6.57. The minimum atomic E-state index is 0.870. The summed E-state index contributed by atoms with van der Waals surface area (Å²) in [6.07, 6.45) is 9.15. The summed E-state index contributed by atoms with van der Waals surface area (Å²) < 4.78 is 0. The zero-order valence-corrected chi connectivity index (χ0v) is 17.3. The molecule has 0 bridgehead atoms. The molecule has 0 aliphatic carbocycles. The molecule has 0 radical (unpaired) electrons. The number of hydrogen-bond acceptors (Lipinski definition) is 1. The van der Waals surface area contributed by atoms with E-state index in [1.54, 1.807) is 0 Å². The van der Waals surface area contributed by atoms with Crippen LogP contribution in [0, 0.1) is 0 Å². The quantitative estimate of drug-likeness (QED) is 0.131. The van der Waals surface area contributed by atoms with Crippen LogP contribution in [0.2, 0.25) is 0 Å². The lowest BCUT2D eigenvalue weighted by Gasteiger charge is -2.18. The van der Waals surface area contributed by atoms with Gasteiger partial charge in [-0.05, 0) is 62.2 Å². The largest absolute Gasteiger partial charge is 0.398 e. The van der Waals surface area contributed by atoms with Crippen molar-refractivity contribution in [1.82, 2.24) is 0 Å². The van der Waals surface area contributed by atoms with Gasteiger partial charge in [-0.2, -0.15) is 0 Å². The van der Waals surface area contributed by atoms with E-state index in [2.05, 4.69) is 67.6 Å². The van der Waals surface area contributed by atoms with Gasteiger partial charge in [0.05, 0.1) is 0 Å². The van der Waals surface area contributed by atoms with E-state index in [9.17, 15) is 0 Å². The Hall–Kier alpha value is -2.80. The Morgan fingerprint density at radius 3 is 2.17 bits per heavy atom. The molecule has 146 valence electrons. The fraction of sp³-hybridized carbons (Fsp3) is 0.286. The second kappa shape index (κ2) is 7.55. The average molecular weight is 380 g/mol. The Morgan fingerprint density at radius 2 is 1.31 bits per heavy atom. The van der Waals surface area contributed by atoms with Crippen LogP contribution < -0.4 is 5.73 Å². The number of hydrogen-bond donors (Lipinski definition) is 1. The maximum Gasteiger partial charge on any atom is 0.0394 e. The maximum absolute atomic E-state index is 6.37. The predicted octanol–water partition coefficient (Wildman–Crippen LogP) is 8.22. The van der Waals surface area contributed by atoms with Gasteiger partial charge in [0.15, 0.2) is 0 Å². The summed E-state index contributed by atoms with van der Waals surface area (Å²) in [5, 5.41) is 10.7. The first-order chi connectivity index (χ1) is 14.3. The lowest BCUT2D eigenvalue weighted by molar-refractivity contribution is 0.608. The molecule has 0 saturated carbocycles. The molecular weight excluding hydrogens is 350 g/mol. The molecule has 5 aromatic rings. The Morgan fingerprint density at radius 1 is 0.586 bits per heavy atom. The van der Waals surface area contributed by atoms with Crippen molar-refractivity contribution >= 4 is 48.8 Å². The summed E-state index contributed by atoms with van der Waals surface area (Å²) in [6, 6.07) is 22.3. The molecule has 0 amide bonds. The molecule has 0 aliphatic rings. The number of rotatable bonds is 7. The van der Waals surface area contributed by atoms with Gasteiger partial charge < -0.3 is 5.73 Å². The van der Waals surface area contributed by atoms with Crippen LogP contribution >= 0.6 is 0 Å². The summed E-state index contributed by atoms with van der Waals surface area (Å²) in [6.45, 7) is 2.28. The van der Waals surface area contributed by atoms with Crippen molar-refractivity contribution < 1.29 is 0 Å². The lowest BCUT2D eigenvalue weighted by Crippen LogP contribution is -1.95. The Labute approximate surface area is 172 Å². The van der Waals surface area contributed by atoms with E-state index < -0.39 is 0 Å². The van der Waals surface area contributed by atoms with Crippen LogP contribution in [0.5, 0.6) is 0 Å². The molecule has 1 heteroatoms. The smallest absolute Gasteiger partial charge is 0.0394 e. The molecule has 1 nitrogen and oxygen atoms in total. The van der Waals surface area contributed by atoms with E-state index in [0.29, 0.717) is 0 Å². The summed E-state index contributed by atoms with van der Waals surface area (Å²) in [5.41, 5.74) is 8.72. The fourth-order valence-corrected chi connectivity index (χ4v) is 5.12. The zero-order valence-electron chi connectivity index (χ0n) is 17.3. The fourth-order valence-electron chi connectivity index (χ4n) is 5.12. The highest BCUT2D eigenvalue weighted by Gasteiger charge is 2.16. The van der Waals surface area contributed by atoms with Crippen molar-refractivity contribution in [2.24, 2.45) is 0 Å². The molecule has 2 N–H and O–H groups in total. The maximum atomic E-state index is 6.37. The van der Waals surface area contributed by atoms with Crippen molar-refractivity contribution in [1.29, 1.82) is 0 Å². The molecule has 29 heavy (non-hydrogen) atoms. The molecular formula is C28H29N. The van der Waals surface area contributed by atoms with Crippen molar-refractivity contribution in [3.63, 3.8) is 0 Å². The number of fused-ring (bicyclic) bond motifs is 2. The van der Waals surface area contributed by atoms with Crippen LogP contribution in [0.25, 0.3) is 43.1 Å². The van der Waals surface area contributed by atoms with Gasteiger partial charge in [-0.15, -0.1) is 0 Å². The second-order valence-corrected chi connectivity index (χ2v) is 8.45. The van der Waals surface area contributed by atoms with Crippen molar-refractivity contribution in [3.05, 3.63) is 66.2 Å². The SMILES string of the molecule is CCCCCCCCc1ccc2cccc3c4cccc5c(N)ccc(c1c23)c54. The second-order valence-electron chi connectivity index (χ2n) is 8.45. The molecule has 0 unspecified atom stereocenters. The molecule has 5 rings (SSSR count). The molecule has 0 fully saturated rings. The van der Waals surface area contributed by atoms with Gasteiger partial charge in [0, 0.05) is 11.1 Å². The van der Waals surface area contributed by atoms with Crippen LogP contribution in [0.3, 0.4) is 0 Å². The Bertz CT molecular complexity index is 1300. The first-order valence-corrected chi connectivity index (χ1v) is 11.2. The van der Waals surface area contributed by atoms with E-state index in [0.717, 1.165) is 12.1 Å². The minimum Gasteiger partial charge on any atom is -0.398 e. The van der Waals surface area contributed by atoms with Gasteiger partial charge in [-0.1, -0.05) is 93.6 Å². The number of nitrogens with two attached hydrogens (primary N) is 1. The summed E-state index contributed by atoms with van der Waals surface area (Å²) in [5.74, 6) is 0. The summed E-state index contributed by atoms with van der Waals surface area (Å²) in [4.78, 5) is 0. The summed E-state index contributed by atoms with van der Waals surface area (Å²) in [7, 11) is 0. The van der Waals surface area contributed by atoms with E-state index in [1.165, 1.54) is 87.2 Å². The van der Waals surface area contributed by atoms with Gasteiger partial charge in [0.1, 0.15) is 0 Å². The normalized spacial score (nSPS) is 12.0. The van der Waals surface area contributed by atoms with Crippen LogP contribution in [-0.4, -0.2) is 0 Å². The van der Waals surface area contributed by atoms with Gasteiger partial charge in [-0.25, -0.2) is 0 Å². The molecule has 5 aromatic carbocycles. The zero-order chi connectivity index (χ0) is 19.8. The third kappa shape index (κ3) is 3.00. The molecule has 0 aromatic heterocycles. The number of unbranched alkanes of at least 4 members (excludes halogenated alkanes) is 5. The average Bonchev–Trinajstić information content (AvgIpc) is 2.76. The third-order valence-electron chi connectivity index (χ3n) is 6.57. The molecule has 0 spiro atoms.